The fourth-order valence-electron chi connectivity index (χ4n) is 2.60. The van der Waals surface area contributed by atoms with Crippen LogP contribution in [-0.4, -0.2) is 19.7 Å². The molecule has 2 aliphatic rings. The summed E-state index contributed by atoms with van der Waals surface area (Å²) in [7, 11) is 0. The van der Waals surface area contributed by atoms with Gasteiger partial charge in [-0.05, 0) is 30.5 Å². The molecule has 0 amide bonds. The average Bonchev–Trinajstić information content (AvgIpc) is 2.79. The molecule has 1 aliphatic heterocycles. The van der Waals surface area contributed by atoms with Crippen molar-refractivity contribution in [1.82, 2.24) is 5.32 Å². The van der Waals surface area contributed by atoms with Crippen LogP contribution in [0.2, 0.25) is 0 Å². The summed E-state index contributed by atoms with van der Waals surface area (Å²) in [6.07, 6.45) is 5.01. The Morgan fingerprint density at radius 2 is 2.17 bits per heavy atom. The molecule has 0 saturated carbocycles. The minimum atomic E-state index is -0.0372. The molecule has 0 radical (unpaired) electrons. The summed E-state index contributed by atoms with van der Waals surface area (Å²) in [6.45, 7) is 9.31. The molecule has 2 rings (SSSR count). The number of hydrogen-bond donors (Lipinski definition) is 1. The van der Waals surface area contributed by atoms with E-state index in [-0.39, 0.29) is 17.2 Å². The van der Waals surface area contributed by atoms with Gasteiger partial charge < -0.3 is 10.1 Å². The van der Waals surface area contributed by atoms with Crippen LogP contribution in [0.25, 0.3) is 0 Å². The lowest BCUT2D eigenvalue weighted by Gasteiger charge is -2.34. The normalized spacial score (nSPS) is 28.9. The largest absolute Gasteiger partial charge is 0.497 e. The first-order valence-corrected chi connectivity index (χ1v) is 6.86. The van der Waals surface area contributed by atoms with Crippen LogP contribution in [0.4, 0.5) is 4.39 Å². The first kappa shape index (κ1) is 13.6. The van der Waals surface area contributed by atoms with Gasteiger partial charge in [0.25, 0.3) is 0 Å². The van der Waals surface area contributed by atoms with Gasteiger partial charge in [0.05, 0.1) is 6.61 Å². The summed E-state index contributed by atoms with van der Waals surface area (Å²) in [6, 6.07) is 0. The van der Waals surface area contributed by atoms with E-state index in [4.69, 9.17) is 4.74 Å². The van der Waals surface area contributed by atoms with Crippen molar-refractivity contribution in [2.75, 3.05) is 19.7 Å². The minimum Gasteiger partial charge on any atom is -0.497 e. The van der Waals surface area contributed by atoms with Crippen LogP contribution >= 0.6 is 0 Å². The molecule has 0 spiro atoms. The molecule has 1 saturated heterocycles. The van der Waals surface area contributed by atoms with E-state index in [0.29, 0.717) is 12.3 Å². The third-order valence-electron chi connectivity index (χ3n) is 3.86. The maximum absolute atomic E-state index is 13.4. The third kappa shape index (κ3) is 3.35. The Balaban J connectivity index is 1.98. The molecule has 2 nitrogen and oxygen atoms in total. The van der Waals surface area contributed by atoms with Gasteiger partial charge in [-0.3, -0.25) is 0 Å². The summed E-state index contributed by atoms with van der Waals surface area (Å²) in [4.78, 5) is 0. The molecule has 3 heteroatoms. The zero-order chi connectivity index (χ0) is 13.2. The molecule has 1 aliphatic carbocycles. The Morgan fingerprint density at radius 3 is 2.78 bits per heavy atom. The van der Waals surface area contributed by atoms with Crippen LogP contribution in [0.1, 0.15) is 33.6 Å². The number of allylic oxidation sites excluding steroid dienone is 4. The number of hydrogen-bond acceptors (Lipinski definition) is 2. The van der Waals surface area contributed by atoms with Crippen LogP contribution in [0.3, 0.4) is 0 Å². The molecule has 0 bridgehead atoms. The number of rotatable bonds is 3. The fraction of sp³-hybridized carbons (Fsp3) is 0.733. The summed E-state index contributed by atoms with van der Waals surface area (Å²) in [5.74, 6) is 1.67. The maximum atomic E-state index is 13.4. The Labute approximate surface area is 109 Å². The van der Waals surface area contributed by atoms with Gasteiger partial charge in [-0.2, -0.15) is 0 Å². The van der Waals surface area contributed by atoms with E-state index in [1.165, 1.54) is 6.42 Å². The Kier molecular flexibility index (Phi) is 4.10. The second kappa shape index (κ2) is 5.43. The predicted octanol–water partition coefficient (Wildman–Crippen LogP) is 3.42. The molecule has 0 aromatic heterocycles. The van der Waals surface area contributed by atoms with Gasteiger partial charge in [0.15, 0.2) is 0 Å². The molecule has 2 unspecified atom stereocenters. The SMILES string of the molecule is CC(C)(C)C1CC(F)=CC=C1OCC1CCNC1. The van der Waals surface area contributed by atoms with Gasteiger partial charge in [0.2, 0.25) is 0 Å². The fourth-order valence-corrected chi connectivity index (χ4v) is 2.60. The van der Waals surface area contributed by atoms with Gasteiger partial charge in [0.1, 0.15) is 11.6 Å². The zero-order valence-corrected chi connectivity index (χ0v) is 11.6. The van der Waals surface area contributed by atoms with Crippen molar-refractivity contribution >= 4 is 0 Å². The highest BCUT2D eigenvalue weighted by Gasteiger charge is 2.32. The number of ether oxygens (including phenoxy) is 1. The highest BCUT2D eigenvalue weighted by molar-refractivity contribution is 5.21. The first-order chi connectivity index (χ1) is 8.47. The lowest BCUT2D eigenvalue weighted by Crippen LogP contribution is -2.26. The van der Waals surface area contributed by atoms with Gasteiger partial charge in [0, 0.05) is 24.8 Å². The van der Waals surface area contributed by atoms with Crippen molar-refractivity contribution in [2.45, 2.75) is 33.6 Å². The minimum absolute atomic E-state index is 0.0331. The van der Waals surface area contributed by atoms with Crippen LogP contribution < -0.4 is 5.32 Å². The van der Waals surface area contributed by atoms with Crippen LogP contribution in [0.15, 0.2) is 23.7 Å². The zero-order valence-electron chi connectivity index (χ0n) is 11.6. The van der Waals surface area contributed by atoms with Gasteiger partial charge in [-0.15, -0.1) is 0 Å². The summed E-state index contributed by atoms with van der Waals surface area (Å²) < 4.78 is 19.4. The molecule has 102 valence electrons. The van der Waals surface area contributed by atoms with E-state index >= 15 is 0 Å². The number of halogens is 1. The Morgan fingerprint density at radius 1 is 1.39 bits per heavy atom. The molecule has 0 aromatic carbocycles. The van der Waals surface area contributed by atoms with Crippen molar-refractivity contribution in [1.29, 1.82) is 0 Å². The third-order valence-corrected chi connectivity index (χ3v) is 3.86. The molecule has 18 heavy (non-hydrogen) atoms. The predicted molar refractivity (Wildman–Crippen MR) is 71.8 cm³/mol. The molecular weight excluding hydrogens is 229 g/mol. The topological polar surface area (TPSA) is 21.3 Å². The van der Waals surface area contributed by atoms with E-state index in [9.17, 15) is 4.39 Å². The Bertz CT molecular complexity index is 348. The molecule has 2 atom stereocenters. The molecule has 1 fully saturated rings. The van der Waals surface area contributed by atoms with Crippen molar-refractivity contribution in [2.24, 2.45) is 17.3 Å². The number of nitrogens with one attached hydrogen (secondary N) is 1. The first-order valence-electron chi connectivity index (χ1n) is 6.86. The lowest BCUT2D eigenvalue weighted by atomic mass is 9.75. The van der Waals surface area contributed by atoms with Gasteiger partial charge >= 0.3 is 0 Å². The highest BCUT2D eigenvalue weighted by Crippen LogP contribution is 2.40. The second-order valence-corrected chi connectivity index (χ2v) is 6.48. The monoisotopic (exact) mass is 253 g/mol. The molecule has 0 aromatic rings. The van der Waals surface area contributed by atoms with Gasteiger partial charge in [-0.1, -0.05) is 20.8 Å². The van der Waals surface area contributed by atoms with E-state index in [1.807, 2.05) is 6.08 Å². The van der Waals surface area contributed by atoms with Crippen LogP contribution in [-0.2, 0) is 4.74 Å². The summed E-state index contributed by atoms with van der Waals surface area (Å²) >= 11 is 0. The van der Waals surface area contributed by atoms with E-state index in [1.54, 1.807) is 6.08 Å². The van der Waals surface area contributed by atoms with E-state index in [0.717, 1.165) is 25.5 Å². The quantitative estimate of drug-likeness (QED) is 0.832. The van der Waals surface area contributed by atoms with Crippen LogP contribution in [0.5, 0.6) is 0 Å². The highest BCUT2D eigenvalue weighted by atomic mass is 19.1. The van der Waals surface area contributed by atoms with Crippen molar-refractivity contribution in [3.8, 4) is 0 Å². The van der Waals surface area contributed by atoms with E-state index in [2.05, 4.69) is 26.1 Å². The smallest absolute Gasteiger partial charge is 0.101 e. The van der Waals surface area contributed by atoms with Gasteiger partial charge in [-0.25, -0.2) is 4.39 Å². The second-order valence-electron chi connectivity index (χ2n) is 6.48. The van der Waals surface area contributed by atoms with Crippen molar-refractivity contribution < 1.29 is 9.13 Å². The standard InChI is InChI=1S/C15H24FNO/c1-15(2,3)13-8-12(16)4-5-14(13)18-10-11-6-7-17-9-11/h4-5,11,13,17H,6-10H2,1-3H3. The molecular formula is C15H24FNO. The molecule has 1 N–H and O–H groups in total. The van der Waals surface area contributed by atoms with E-state index < -0.39 is 0 Å². The molecule has 1 heterocycles. The van der Waals surface area contributed by atoms with Crippen LogP contribution in [0, 0.1) is 17.3 Å². The lowest BCUT2D eigenvalue weighted by molar-refractivity contribution is 0.102. The summed E-state index contributed by atoms with van der Waals surface area (Å²) in [5, 5.41) is 3.34. The average molecular weight is 253 g/mol. The Hall–Kier alpha value is -0.830. The summed E-state index contributed by atoms with van der Waals surface area (Å²) in [5.41, 5.74) is 0.0331. The van der Waals surface area contributed by atoms with Crippen molar-refractivity contribution in [3.63, 3.8) is 0 Å². The maximum Gasteiger partial charge on any atom is 0.101 e. The van der Waals surface area contributed by atoms with Crippen molar-refractivity contribution in [3.05, 3.63) is 23.7 Å².